The molecule has 3 rings (SSSR count). The highest BCUT2D eigenvalue weighted by molar-refractivity contribution is 5.90. The van der Waals surface area contributed by atoms with Gasteiger partial charge in [-0.2, -0.15) is 5.10 Å². The summed E-state index contributed by atoms with van der Waals surface area (Å²) >= 11 is 0. The Bertz CT molecular complexity index is 956. The quantitative estimate of drug-likeness (QED) is 0.384. The van der Waals surface area contributed by atoms with Crippen molar-refractivity contribution >= 4 is 17.5 Å². The summed E-state index contributed by atoms with van der Waals surface area (Å²) in [6, 6.07) is 15.1. The van der Waals surface area contributed by atoms with Crippen molar-refractivity contribution in [2.24, 2.45) is 10.5 Å². The number of hydrogen-bond donors (Lipinski definition) is 1. The third-order valence-electron chi connectivity index (χ3n) is 5.80. The number of para-hydroxylation sites is 1. The molecule has 2 aromatic carbocycles. The van der Waals surface area contributed by atoms with Crippen molar-refractivity contribution in [3.8, 4) is 0 Å². The molecular weight excluding hydrogens is 364 g/mol. The van der Waals surface area contributed by atoms with Crippen LogP contribution in [0.1, 0.15) is 89.0 Å². The zero-order valence-corrected chi connectivity index (χ0v) is 19.6. The highest BCUT2D eigenvalue weighted by Gasteiger charge is 2.20. The number of nitrogens with one attached hydrogen (secondary N) is 1. The second-order valence-corrected chi connectivity index (χ2v) is 9.86. The third-order valence-corrected chi connectivity index (χ3v) is 5.80. The van der Waals surface area contributed by atoms with Gasteiger partial charge in [0, 0.05) is 5.56 Å². The van der Waals surface area contributed by atoms with E-state index in [0.29, 0.717) is 11.8 Å². The number of benzene rings is 2. The fraction of sp³-hybridized carbons (Fsp3) is 0.393. The Hall–Kier alpha value is -2.61. The molecule has 0 bridgehead atoms. The molecule has 2 heteroatoms. The highest BCUT2D eigenvalue weighted by atomic mass is 15.3. The van der Waals surface area contributed by atoms with Crippen LogP contribution in [-0.2, 0) is 0 Å². The van der Waals surface area contributed by atoms with E-state index in [-0.39, 0.29) is 5.41 Å². The summed E-state index contributed by atoms with van der Waals surface area (Å²) in [5, 5.41) is 4.68. The van der Waals surface area contributed by atoms with E-state index < -0.39 is 0 Å². The molecule has 158 valence electrons. The van der Waals surface area contributed by atoms with Gasteiger partial charge in [-0.05, 0) is 51.5 Å². The Morgan fingerprint density at radius 1 is 0.900 bits per heavy atom. The van der Waals surface area contributed by atoms with Crippen molar-refractivity contribution in [1.82, 2.24) is 0 Å². The maximum atomic E-state index is 4.68. The molecule has 0 radical (unpaired) electrons. The zero-order chi connectivity index (χ0) is 21.9. The lowest BCUT2D eigenvalue weighted by Crippen LogP contribution is -2.05. The average Bonchev–Trinajstić information content (AvgIpc) is 3.18. The van der Waals surface area contributed by atoms with Crippen molar-refractivity contribution in [1.29, 1.82) is 0 Å². The predicted octanol–water partition coefficient (Wildman–Crippen LogP) is 8.14. The number of rotatable bonds is 6. The molecular formula is C28H36N2. The lowest BCUT2D eigenvalue weighted by Gasteiger charge is -2.19. The van der Waals surface area contributed by atoms with E-state index in [9.17, 15) is 0 Å². The van der Waals surface area contributed by atoms with Crippen molar-refractivity contribution in [3.05, 3.63) is 82.4 Å². The van der Waals surface area contributed by atoms with Crippen LogP contribution in [0.3, 0.4) is 0 Å². The third kappa shape index (κ3) is 4.92. The molecule has 1 aliphatic carbocycles. The first-order valence-corrected chi connectivity index (χ1v) is 11.1. The van der Waals surface area contributed by atoms with E-state index in [1.54, 1.807) is 0 Å². The fourth-order valence-electron chi connectivity index (χ4n) is 3.98. The van der Waals surface area contributed by atoms with Gasteiger partial charge < -0.3 is 0 Å². The standard InChI is InChI=1S/C28H36N2/c1-19(2)24-13-10-14-25(20(3)4)27(24)30-29-18-22-11-8-9-12-26(22)21-15-16-23(17-21)28(5,6)7/h8-14,16-20,30H,15H2,1-7H3/b29-18+. The number of hydrazone groups is 1. The smallest absolute Gasteiger partial charge is 0.0630 e. The van der Waals surface area contributed by atoms with Crippen molar-refractivity contribution in [2.45, 2.75) is 66.7 Å². The Kier molecular flexibility index (Phi) is 6.65. The minimum atomic E-state index is 0.181. The Morgan fingerprint density at radius 2 is 1.53 bits per heavy atom. The molecule has 0 amide bonds. The van der Waals surface area contributed by atoms with Gasteiger partial charge in [-0.25, -0.2) is 0 Å². The van der Waals surface area contributed by atoms with Crippen LogP contribution in [0.2, 0.25) is 0 Å². The molecule has 1 aliphatic rings. The van der Waals surface area contributed by atoms with Crippen LogP contribution in [0.25, 0.3) is 5.57 Å². The van der Waals surface area contributed by atoms with Crippen LogP contribution in [0, 0.1) is 5.41 Å². The van der Waals surface area contributed by atoms with Gasteiger partial charge in [-0.15, -0.1) is 0 Å². The number of anilines is 1. The van der Waals surface area contributed by atoms with Crippen molar-refractivity contribution in [2.75, 3.05) is 5.43 Å². The maximum absolute atomic E-state index is 4.68. The van der Waals surface area contributed by atoms with Crippen molar-refractivity contribution < 1.29 is 0 Å². The highest BCUT2D eigenvalue weighted by Crippen LogP contribution is 2.37. The summed E-state index contributed by atoms with van der Waals surface area (Å²) in [5.74, 6) is 0.887. The molecule has 2 nitrogen and oxygen atoms in total. The van der Waals surface area contributed by atoms with Gasteiger partial charge in [0.05, 0.1) is 11.9 Å². The molecule has 0 unspecified atom stereocenters. The molecule has 0 saturated heterocycles. The van der Waals surface area contributed by atoms with Gasteiger partial charge in [0.25, 0.3) is 0 Å². The molecule has 1 N–H and O–H groups in total. The van der Waals surface area contributed by atoms with Crippen LogP contribution in [0.15, 0.2) is 65.3 Å². The van der Waals surface area contributed by atoms with Gasteiger partial charge >= 0.3 is 0 Å². The Morgan fingerprint density at radius 3 is 2.10 bits per heavy atom. The van der Waals surface area contributed by atoms with E-state index >= 15 is 0 Å². The molecule has 0 spiro atoms. The molecule has 0 aromatic heterocycles. The lowest BCUT2D eigenvalue weighted by atomic mass is 9.87. The molecule has 0 fully saturated rings. The second kappa shape index (κ2) is 9.04. The van der Waals surface area contributed by atoms with Crippen molar-refractivity contribution in [3.63, 3.8) is 0 Å². The summed E-state index contributed by atoms with van der Waals surface area (Å²) < 4.78 is 0. The lowest BCUT2D eigenvalue weighted by molar-refractivity contribution is 0.518. The van der Waals surface area contributed by atoms with Crippen LogP contribution in [0.4, 0.5) is 5.69 Å². The predicted molar refractivity (Wildman–Crippen MR) is 132 cm³/mol. The molecule has 0 aliphatic heterocycles. The van der Waals surface area contributed by atoms with E-state index in [1.807, 2.05) is 6.21 Å². The van der Waals surface area contributed by atoms with E-state index in [1.165, 1.54) is 27.8 Å². The molecule has 30 heavy (non-hydrogen) atoms. The monoisotopic (exact) mass is 400 g/mol. The topological polar surface area (TPSA) is 24.4 Å². The van der Waals surface area contributed by atoms with E-state index in [4.69, 9.17) is 0 Å². The van der Waals surface area contributed by atoms with Gasteiger partial charge in [0.2, 0.25) is 0 Å². The Balaban J connectivity index is 1.88. The first kappa shape index (κ1) is 22.1. The number of hydrogen-bond acceptors (Lipinski definition) is 2. The first-order valence-electron chi connectivity index (χ1n) is 11.1. The molecule has 0 heterocycles. The minimum absolute atomic E-state index is 0.181. The second-order valence-electron chi connectivity index (χ2n) is 9.86. The zero-order valence-electron chi connectivity index (χ0n) is 19.6. The van der Waals surface area contributed by atoms with Crippen LogP contribution >= 0.6 is 0 Å². The Labute approximate surface area is 182 Å². The normalized spacial score (nSPS) is 14.6. The minimum Gasteiger partial charge on any atom is -0.278 e. The largest absolute Gasteiger partial charge is 0.278 e. The average molecular weight is 401 g/mol. The summed E-state index contributed by atoms with van der Waals surface area (Å²) in [7, 11) is 0. The van der Waals surface area contributed by atoms with E-state index in [2.05, 4.69) is 114 Å². The summed E-state index contributed by atoms with van der Waals surface area (Å²) in [6.45, 7) is 15.7. The van der Waals surface area contributed by atoms with Crippen LogP contribution < -0.4 is 5.43 Å². The van der Waals surface area contributed by atoms with Gasteiger partial charge in [0.15, 0.2) is 0 Å². The fourth-order valence-corrected chi connectivity index (χ4v) is 3.98. The maximum Gasteiger partial charge on any atom is 0.0630 e. The van der Waals surface area contributed by atoms with Gasteiger partial charge in [-0.3, -0.25) is 5.43 Å². The molecule has 2 aromatic rings. The summed E-state index contributed by atoms with van der Waals surface area (Å²) in [6.07, 6.45) is 7.66. The van der Waals surface area contributed by atoms with Crippen LogP contribution in [0.5, 0.6) is 0 Å². The SMILES string of the molecule is CC(C)c1cccc(C(C)C)c1N/N=C/c1ccccc1C1=CC(C(C)(C)C)=CC1. The molecule has 0 saturated carbocycles. The first-order chi connectivity index (χ1) is 14.2. The van der Waals surface area contributed by atoms with E-state index in [0.717, 1.165) is 17.7 Å². The number of allylic oxidation sites excluding steroid dienone is 4. The molecule has 0 atom stereocenters. The summed E-state index contributed by atoms with van der Waals surface area (Å²) in [4.78, 5) is 0. The number of nitrogens with zero attached hydrogens (tertiary/aromatic N) is 1. The summed E-state index contributed by atoms with van der Waals surface area (Å²) in [5.41, 5.74) is 12.5. The van der Waals surface area contributed by atoms with Gasteiger partial charge in [0.1, 0.15) is 0 Å². The van der Waals surface area contributed by atoms with Crippen LogP contribution in [-0.4, -0.2) is 6.21 Å². The van der Waals surface area contributed by atoms with Gasteiger partial charge in [-0.1, -0.05) is 103 Å².